The highest BCUT2D eigenvalue weighted by Crippen LogP contribution is 2.45. The van der Waals surface area contributed by atoms with E-state index < -0.39 is 0 Å². The molecule has 3 heteroatoms. The third-order valence-electron chi connectivity index (χ3n) is 3.10. The molecule has 2 atom stereocenters. The van der Waals surface area contributed by atoms with Gasteiger partial charge in [0, 0.05) is 18.3 Å². The van der Waals surface area contributed by atoms with Gasteiger partial charge in [0.1, 0.15) is 10.6 Å². The highest BCUT2D eigenvalue weighted by Gasteiger charge is 2.41. The van der Waals surface area contributed by atoms with E-state index in [1.165, 1.54) is 0 Å². The molecule has 0 bridgehead atoms. The van der Waals surface area contributed by atoms with E-state index in [0.29, 0.717) is 24.5 Å². The van der Waals surface area contributed by atoms with Crippen molar-refractivity contribution in [2.75, 3.05) is 0 Å². The molecule has 0 aliphatic heterocycles. The van der Waals surface area contributed by atoms with Gasteiger partial charge in [0.2, 0.25) is 0 Å². The quantitative estimate of drug-likeness (QED) is 0.606. The summed E-state index contributed by atoms with van der Waals surface area (Å²) in [7, 11) is 0. The van der Waals surface area contributed by atoms with Crippen molar-refractivity contribution in [3.63, 3.8) is 0 Å². The van der Waals surface area contributed by atoms with Gasteiger partial charge in [0.25, 0.3) is 0 Å². The fourth-order valence-electron chi connectivity index (χ4n) is 1.66. The Morgan fingerprint density at radius 2 is 2.17 bits per heavy atom. The van der Waals surface area contributed by atoms with Crippen LogP contribution in [0.4, 0.5) is 0 Å². The first-order valence-electron chi connectivity index (χ1n) is 4.26. The Hall–Kier alpha value is 0.250. The van der Waals surface area contributed by atoms with Crippen LogP contribution in [-0.2, 0) is 4.79 Å². The smallest absolute Gasteiger partial charge is 0.133 e. The Morgan fingerprint density at radius 1 is 1.58 bits per heavy atom. The lowest BCUT2D eigenvalue weighted by Crippen LogP contribution is -2.37. The van der Waals surface area contributed by atoms with Gasteiger partial charge in [0.15, 0.2) is 0 Å². The lowest BCUT2D eigenvalue weighted by atomic mass is 9.69. The van der Waals surface area contributed by atoms with Gasteiger partial charge in [-0.15, -0.1) is 23.2 Å². The van der Waals surface area contributed by atoms with E-state index in [0.717, 1.165) is 6.42 Å². The Kier molecular flexibility index (Phi) is 3.06. The van der Waals surface area contributed by atoms with Gasteiger partial charge < -0.3 is 0 Å². The second-order valence-electron chi connectivity index (χ2n) is 3.95. The van der Waals surface area contributed by atoms with E-state index >= 15 is 0 Å². The maximum absolute atomic E-state index is 11.1. The van der Waals surface area contributed by atoms with Crippen molar-refractivity contribution in [2.24, 2.45) is 11.3 Å². The molecule has 1 nitrogen and oxygen atoms in total. The summed E-state index contributed by atoms with van der Waals surface area (Å²) in [4.78, 5) is 10.7. The van der Waals surface area contributed by atoms with Crippen molar-refractivity contribution in [2.45, 2.75) is 37.9 Å². The maximum Gasteiger partial charge on any atom is 0.133 e. The average molecular weight is 209 g/mol. The highest BCUT2D eigenvalue weighted by atomic mass is 35.5. The summed E-state index contributed by atoms with van der Waals surface area (Å²) in [6, 6.07) is 0. The largest absolute Gasteiger partial charge is 0.300 e. The van der Waals surface area contributed by atoms with Crippen LogP contribution >= 0.6 is 23.2 Å². The molecule has 0 aromatic rings. The van der Waals surface area contributed by atoms with Crippen LogP contribution in [-0.4, -0.2) is 10.6 Å². The number of carbonyl (C=O) groups excluding carboxylic acids is 1. The Balaban J connectivity index is 2.72. The summed E-state index contributed by atoms with van der Waals surface area (Å²) in [6.45, 7) is 4.11. The van der Waals surface area contributed by atoms with Crippen molar-refractivity contribution in [1.29, 1.82) is 0 Å². The van der Waals surface area contributed by atoms with Gasteiger partial charge >= 0.3 is 0 Å². The molecule has 0 aromatic heterocycles. The van der Waals surface area contributed by atoms with Crippen LogP contribution in [0.25, 0.3) is 0 Å². The lowest BCUT2D eigenvalue weighted by Gasteiger charge is -2.40. The molecule has 0 amide bonds. The number of rotatable bonds is 1. The summed E-state index contributed by atoms with van der Waals surface area (Å²) in [5.74, 6) is 0.646. The summed E-state index contributed by atoms with van der Waals surface area (Å²) in [5.41, 5.74) is -0.0724. The van der Waals surface area contributed by atoms with E-state index in [1.54, 1.807) is 0 Å². The van der Waals surface area contributed by atoms with Gasteiger partial charge in [-0.2, -0.15) is 0 Å². The number of halogens is 2. The Morgan fingerprint density at radius 3 is 2.58 bits per heavy atom. The first-order chi connectivity index (χ1) is 5.47. The predicted octanol–water partition coefficient (Wildman–Crippen LogP) is 3.19. The fourth-order valence-corrected chi connectivity index (χ4v) is 2.30. The molecular weight excluding hydrogens is 195 g/mol. The summed E-state index contributed by atoms with van der Waals surface area (Å²) in [6.07, 6.45) is 2.09. The summed E-state index contributed by atoms with van der Waals surface area (Å²) >= 11 is 11.8. The summed E-state index contributed by atoms with van der Waals surface area (Å²) < 4.78 is 0. The van der Waals surface area contributed by atoms with Crippen LogP contribution in [0.2, 0.25) is 0 Å². The predicted molar refractivity (Wildman–Crippen MR) is 51.6 cm³/mol. The van der Waals surface area contributed by atoms with Gasteiger partial charge in [-0.3, -0.25) is 4.79 Å². The number of alkyl halides is 2. The van der Waals surface area contributed by atoms with E-state index in [2.05, 4.69) is 13.8 Å². The van der Waals surface area contributed by atoms with Gasteiger partial charge in [-0.25, -0.2) is 0 Å². The van der Waals surface area contributed by atoms with Crippen LogP contribution in [0, 0.1) is 11.3 Å². The Bertz CT molecular complexity index is 191. The number of hydrogen-bond acceptors (Lipinski definition) is 1. The first-order valence-corrected chi connectivity index (χ1v) is 5.14. The number of ketones is 1. The molecule has 1 fully saturated rings. The Labute approximate surface area is 83.4 Å². The zero-order valence-electron chi connectivity index (χ0n) is 7.44. The van der Waals surface area contributed by atoms with Crippen molar-refractivity contribution in [3.8, 4) is 0 Å². The summed E-state index contributed by atoms with van der Waals surface area (Å²) in [5, 5.41) is 0. The minimum atomic E-state index is -0.361. The number of Topliss-reactive ketones (excluding diaryl/α,β-unsaturated/α-hetero) is 1. The van der Waals surface area contributed by atoms with Crippen LogP contribution in [0.5, 0.6) is 0 Å². The van der Waals surface area contributed by atoms with E-state index in [4.69, 9.17) is 23.2 Å². The first kappa shape index (κ1) is 10.3. The molecule has 0 heterocycles. The average Bonchev–Trinajstić information content (AvgIpc) is 1.97. The van der Waals surface area contributed by atoms with Gasteiger partial charge in [-0.1, -0.05) is 13.8 Å². The molecule has 0 N–H and O–H groups in total. The molecule has 1 aliphatic carbocycles. The third-order valence-corrected chi connectivity index (χ3v) is 4.10. The normalized spacial score (nSPS) is 37.4. The minimum absolute atomic E-state index is 0.0724. The molecule has 1 aliphatic rings. The molecule has 1 saturated carbocycles. The van der Waals surface area contributed by atoms with Crippen molar-refractivity contribution in [3.05, 3.63) is 0 Å². The van der Waals surface area contributed by atoms with Crippen LogP contribution < -0.4 is 0 Å². The topological polar surface area (TPSA) is 17.1 Å². The van der Waals surface area contributed by atoms with Gasteiger partial charge in [0.05, 0.1) is 0 Å². The highest BCUT2D eigenvalue weighted by molar-refractivity contribution is 6.44. The van der Waals surface area contributed by atoms with E-state index in [-0.39, 0.29) is 10.3 Å². The number of carbonyl (C=O) groups is 1. The van der Waals surface area contributed by atoms with Crippen LogP contribution in [0.15, 0.2) is 0 Å². The number of hydrogen-bond donors (Lipinski definition) is 0. The standard InChI is InChI=1S/C9H14Cl2O/c1-6-5-7(12)3-4-9(6,2)8(10)11/h6,8H,3-5H2,1-2H3/t6-,9-/m1/s1. The SMILES string of the molecule is C[C@@H]1CC(=O)CC[C@@]1(C)C(Cl)Cl. The van der Waals surface area contributed by atoms with Crippen LogP contribution in [0.3, 0.4) is 0 Å². The molecule has 0 radical (unpaired) electrons. The van der Waals surface area contributed by atoms with Crippen molar-refractivity contribution < 1.29 is 4.79 Å². The molecule has 0 unspecified atom stereocenters. The van der Waals surface area contributed by atoms with Gasteiger partial charge in [-0.05, 0) is 12.3 Å². The van der Waals surface area contributed by atoms with Crippen molar-refractivity contribution >= 4 is 29.0 Å². The maximum atomic E-state index is 11.1. The molecule has 0 saturated heterocycles. The van der Waals surface area contributed by atoms with Crippen LogP contribution in [0.1, 0.15) is 33.1 Å². The molecule has 0 spiro atoms. The second-order valence-corrected chi connectivity index (χ2v) is 5.05. The molecule has 12 heavy (non-hydrogen) atoms. The fraction of sp³-hybridized carbons (Fsp3) is 0.889. The van der Waals surface area contributed by atoms with E-state index in [9.17, 15) is 4.79 Å². The van der Waals surface area contributed by atoms with Crippen molar-refractivity contribution in [1.82, 2.24) is 0 Å². The molecule has 70 valence electrons. The molecule has 0 aromatic carbocycles. The zero-order valence-corrected chi connectivity index (χ0v) is 8.95. The molecule has 1 rings (SSSR count). The zero-order chi connectivity index (χ0) is 9.35. The second kappa shape index (κ2) is 3.55. The lowest BCUT2D eigenvalue weighted by molar-refractivity contribution is -0.124. The monoisotopic (exact) mass is 208 g/mol. The van der Waals surface area contributed by atoms with E-state index in [1.807, 2.05) is 0 Å². The molecular formula is C9H14Cl2O. The third kappa shape index (κ3) is 1.77. The minimum Gasteiger partial charge on any atom is -0.300 e.